The van der Waals surface area contributed by atoms with Gasteiger partial charge in [-0.2, -0.15) is 0 Å². The third-order valence-electron chi connectivity index (χ3n) is 3.60. The summed E-state index contributed by atoms with van der Waals surface area (Å²) in [5.74, 6) is 0.298. The van der Waals surface area contributed by atoms with Crippen molar-refractivity contribution in [3.63, 3.8) is 0 Å². The first-order chi connectivity index (χ1) is 9.17. The van der Waals surface area contributed by atoms with Crippen LogP contribution in [0.2, 0.25) is 0 Å². The Morgan fingerprint density at radius 2 is 1.95 bits per heavy atom. The quantitative estimate of drug-likeness (QED) is 0.861. The molecule has 0 amide bonds. The Balaban J connectivity index is 1.77. The van der Waals surface area contributed by atoms with E-state index >= 15 is 0 Å². The first kappa shape index (κ1) is 14.4. The van der Waals surface area contributed by atoms with Gasteiger partial charge in [0, 0.05) is 45.5 Å². The molecule has 0 radical (unpaired) electrons. The Labute approximate surface area is 114 Å². The van der Waals surface area contributed by atoms with E-state index in [9.17, 15) is 4.39 Å². The van der Waals surface area contributed by atoms with Crippen LogP contribution in [0.4, 0.5) is 4.39 Å². The fourth-order valence-corrected chi connectivity index (χ4v) is 2.45. The summed E-state index contributed by atoms with van der Waals surface area (Å²) in [7, 11) is 0. The Morgan fingerprint density at radius 3 is 2.58 bits per heavy atom. The summed E-state index contributed by atoms with van der Waals surface area (Å²) in [6.45, 7) is 8.96. The van der Waals surface area contributed by atoms with Crippen LogP contribution in [0.5, 0.6) is 0 Å². The first-order valence-electron chi connectivity index (χ1n) is 6.91. The average molecular weight is 266 g/mol. The van der Waals surface area contributed by atoms with Crippen LogP contribution in [0.1, 0.15) is 12.5 Å². The van der Waals surface area contributed by atoms with Crippen LogP contribution in [0.3, 0.4) is 0 Å². The molecule has 0 aliphatic carbocycles. The lowest BCUT2D eigenvalue weighted by molar-refractivity contribution is 0.116. The van der Waals surface area contributed by atoms with E-state index in [1.54, 1.807) is 12.3 Å². The van der Waals surface area contributed by atoms with Crippen molar-refractivity contribution in [2.24, 2.45) is 11.7 Å². The van der Waals surface area contributed by atoms with Crippen molar-refractivity contribution in [2.45, 2.75) is 13.5 Å². The molecule has 1 aliphatic heterocycles. The summed E-state index contributed by atoms with van der Waals surface area (Å²) in [6, 6.07) is 1.57. The normalized spacial score (nSPS) is 19.5. The molecule has 1 aromatic heterocycles. The molecule has 1 aromatic rings. The predicted octanol–water partition coefficient (Wildman–Crippen LogP) is 0.933. The Bertz CT molecular complexity index is 391. The lowest BCUT2D eigenvalue weighted by atomic mass is 10.1. The number of nitrogens with zero attached hydrogens (tertiary/aromatic N) is 3. The van der Waals surface area contributed by atoms with Crippen molar-refractivity contribution in [1.82, 2.24) is 14.8 Å². The summed E-state index contributed by atoms with van der Waals surface area (Å²) >= 11 is 0. The lowest BCUT2D eigenvalue weighted by Gasteiger charge is -2.35. The molecule has 5 heteroatoms. The lowest BCUT2D eigenvalue weighted by Crippen LogP contribution is -2.47. The van der Waals surface area contributed by atoms with Crippen LogP contribution in [-0.4, -0.2) is 54.1 Å². The topological polar surface area (TPSA) is 45.4 Å². The van der Waals surface area contributed by atoms with Crippen molar-refractivity contribution in [3.8, 4) is 0 Å². The van der Waals surface area contributed by atoms with E-state index in [1.807, 2.05) is 0 Å². The number of hydrogen-bond acceptors (Lipinski definition) is 4. The van der Waals surface area contributed by atoms with Crippen molar-refractivity contribution >= 4 is 0 Å². The third kappa shape index (κ3) is 4.53. The van der Waals surface area contributed by atoms with Crippen molar-refractivity contribution < 1.29 is 4.39 Å². The zero-order valence-electron chi connectivity index (χ0n) is 11.6. The van der Waals surface area contributed by atoms with Gasteiger partial charge in [0.25, 0.3) is 0 Å². The van der Waals surface area contributed by atoms with Gasteiger partial charge in [0.15, 0.2) is 0 Å². The van der Waals surface area contributed by atoms with Crippen LogP contribution in [-0.2, 0) is 6.54 Å². The molecule has 2 N–H and O–H groups in total. The highest BCUT2D eigenvalue weighted by atomic mass is 19.1. The number of piperazine rings is 1. The second-order valence-electron chi connectivity index (χ2n) is 5.43. The maximum Gasteiger partial charge on any atom is 0.141 e. The molecule has 19 heavy (non-hydrogen) atoms. The van der Waals surface area contributed by atoms with Gasteiger partial charge in [-0.1, -0.05) is 6.92 Å². The van der Waals surface area contributed by atoms with Gasteiger partial charge in [-0.05, 0) is 24.1 Å². The van der Waals surface area contributed by atoms with Crippen LogP contribution >= 0.6 is 0 Å². The van der Waals surface area contributed by atoms with Gasteiger partial charge in [0.2, 0.25) is 0 Å². The molecule has 0 saturated carbocycles. The first-order valence-corrected chi connectivity index (χ1v) is 6.91. The van der Waals surface area contributed by atoms with Gasteiger partial charge in [0.05, 0.1) is 6.20 Å². The van der Waals surface area contributed by atoms with Gasteiger partial charge in [-0.25, -0.2) is 4.39 Å². The molecule has 1 aliphatic rings. The number of hydrogen-bond donors (Lipinski definition) is 1. The van der Waals surface area contributed by atoms with E-state index in [-0.39, 0.29) is 5.82 Å². The Hall–Kier alpha value is -1.04. The van der Waals surface area contributed by atoms with Crippen molar-refractivity contribution in [1.29, 1.82) is 0 Å². The summed E-state index contributed by atoms with van der Waals surface area (Å²) in [4.78, 5) is 8.69. The summed E-state index contributed by atoms with van der Waals surface area (Å²) < 4.78 is 13.1. The highest BCUT2D eigenvalue weighted by Gasteiger charge is 2.18. The van der Waals surface area contributed by atoms with Crippen LogP contribution < -0.4 is 5.73 Å². The number of aromatic nitrogens is 1. The molecule has 4 nitrogen and oxygen atoms in total. The minimum absolute atomic E-state index is 0.257. The van der Waals surface area contributed by atoms with E-state index in [0.29, 0.717) is 5.92 Å². The number of rotatable bonds is 5. The van der Waals surface area contributed by atoms with Gasteiger partial charge in [0.1, 0.15) is 5.82 Å². The molecule has 1 atom stereocenters. The fraction of sp³-hybridized carbons (Fsp3) is 0.643. The standard InChI is InChI=1S/C14H23FN4/c1-12(7-16)10-18-2-4-19(5-3-18)11-13-6-14(15)9-17-8-13/h6,8-9,12H,2-5,7,10-11,16H2,1H3. The third-order valence-corrected chi connectivity index (χ3v) is 3.60. The van der Waals surface area contributed by atoms with Crippen molar-refractivity contribution in [2.75, 3.05) is 39.3 Å². The second-order valence-corrected chi connectivity index (χ2v) is 5.43. The summed E-state index contributed by atoms with van der Waals surface area (Å²) in [5, 5.41) is 0. The molecule has 1 fully saturated rings. The molecule has 1 unspecified atom stereocenters. The van der Waals surface area contributed by atoms with E-state index in [1.165, 1.54) is 6.20 Å². The zero-order chi connectivity index (χ0) is 13.7. The number of halogens is 1. The molecular weight excluding hydrogens is 243 g/mol. The maximum absolute atomic E-state index is 13.1. The van der Waals surface area contributed by atoms with Crippen LogP contribution in [0, 0.1) is 11.7 Å². The van der Waals surface area contributed by atoms with E-state index in [2.05, 4.69) is 21.7 Å². The van der Waals surface area contributed by atoms with Gasteiger partial charge < -0.3 is 10.6 Å². The van der Waals surface area contributed by atoms with E-state index in [4.69, 9.17) is 5.73 Å². The molecule has 1 saturated heterocycles. The molecule has 0 bridgehead atoms. The van der Waals surface area contributed by atoms with Crippen LogP contribution in [0.25, 0.3) is 0 Å². The zero-order valence-corrected chi connectivity index (χ0v) is 11.6. The van der Waals surface area contributed by atoms with Gasteiger partial charge in [-0.3, -0.25) is 9.88 Å². The highest BCUT2D eigenvalue weighted by molar-refractivity contribution is 5.10. The fourth-order valence-electron chi connectivity index (χ4n) is 2.45. The Morgan fingerprint density at radius 1 is 1.26 bits per heavy atom. The molecular formula is C14H23FN4. The number of pyridine rings is 1. The Kier molecular flexibility index (Phi) is 5.24. The minimum Gasteiger partial charge on any atom is -0.330 e. The average Bonchev–Trinajstić information content (AvgIpc) is 2.41. The molecule has 106 valence electrons. The van der Waals surface area contributed by atoms with Crippen molar-refractivity contribution in [3.05, 3.63) is 29.8 Å². The molecule has 2 heterocycles. The largest absolute Gasteiger partial charge is 0.330 e. The number of nitrogens with two attached hydrogens (primary N) is 1. The van der Waals surface area contributed by atoms with Crippen LogP contribution in [0.15, 0.2) is 18.5 Å². The smallest absolute Gasteiger partial charge is 0.141 e. The van der Waals surface area contributed by atoms with E-state index in [0.717, 1.165) is 51.4 Å². The van der Waals surface area contributed by atoms with Gasteiger partial charge in [-0.15, -0.1) is 0 Å². The van der Waals surface area contributed by atoms with E-state index < -0.39 is 0 Å². The summed E-state index contributed by atoms with van der Waals surface area (Å²) in [6.07, 6.45) is 2.99. The maximum atomic E-state index is 13.1. The van der Waals surface area contributed by atoms with Gasteiger partial charge >= 0.3 is 0 Å². The summed E-state index contributed by atoms with van der Waals surface area (Å²) in [5.41, 5.74) is 6.60. The second kappa shape index (κ2) is 6.93. The monoisotopic (exact) mass is 266 g/mol. The predicted molar refractivity (Wildman–Crippen MR) is 74.1 cm³/mol. The molecule has 0 spiro atoms. The molecule has 2 rings (SSSR count). The molecule has 0 aromatic carbocycles. The SMILES string of the molecule is CC(CN)CN1CCN(Cc2cncc(F)c2)CC1. The minimum atomic E-state index is -0.257. The highest BCUT2D eigenvalue weighted by Crippen LogP contribution is 2.10.